The zero-order valence-electron chi connectivity index (χ0n) is 27.8. The van der Waals surface area contributed by atoms with E-state index >= 15 is 0 Å². The van der Waals surface area contributed by atoms with Gasteiger partial charge in [-0.15, -0.1) is 12.8 Å². The molecule has 0 spiro atoms. The van der Waals surface area contributed by atoms with Crippen LogP contribution in [0.25, 0.3) is 5.70 Å². The lowest BCUT2D eigenvalue weighted by molar-refractivity contribution is 0.0957. The van der Waals surface area contributed by atoms with Gasteiger partial charge in [-0.2, -0.15) is 4.21 Å². The number of ether oxygens (including phenoxy) is 1. The van der Waals surface area contributed by atoms with Crippen molar-refractivity contribution in [2.45, 2.75) is 47.0 Å². The molecule has 0 unspecified atom stereocenters. The van der Waals surface area contributed by atoms with Crippen molar-refractivity contribution in [2.75, 3.05) is 39.0 Å². The van der Waals surface area contributed by atoms with Gasteiger partial charge in [0.05, 0.1) is 49.3 Å². The topological polar surface area (TPSA) is 170 Å². The molecule has 1 aromatic carbocycles. The molecule has 0 radical (unpaired) electrons. The average molecular weight is 644 g/mol. The normalized spacial score (nSPS) is 12.3. The van der Waals surface area contributed by atoms with Crippen molar-refractivity contribution in [1.82, 2.24) is 20.3 Å². The van der Waals surface area contributed by atoms with Crippen LogP contribution >= 0.6 is 0 Å². The summed E-state index contributed by atoms with van der Waals surface area (Å²) in [5, 5.41) is 14.1. The third-order valence-electron chi connectivity index (χ3n) is 6.63. The maximum atomic E-state index is 13.1. The maximum Gasteiger partial charge on any atom is 0.251 e. The summed E-state index contributed by atoms with van der Waals surface area (Å²) in [6.45, 7) is 12.6. The van der Waals surface area contributed by atoms with Crippen molar-refractivity contribution in [3.63, 3.8) is 0 Å². The van der Waals surface area contributed by atoms with Gasteiger partial charge >= 0.3 is 0 Å². The molecule has 0 aliphatic rings. The number of amides is 1. The summed E-state index contributed by atoms with van der Waals surface area (Å²) >= 11 is 2.83. The first-order chi connectivity index (χ1) is 21.2. The molecule has 2 aromatic rings. The number of imidazole rings is 1. The van der Waals surface area contributed by atoms with Crippen LogP contribution in [0.15, 0.2) is 54.0 Å². The molecule has 0 bridgehead atoms. The Bertz CT molecular complexity index is 1350. The van der Waals surface area contributed by atoms with E-state index in [9.17, 15) is 9.90 Å². The molecule has 0 saturated heterocycles. The fourth-order valence-electron chi connectivity index (χ4n) is 4.20. The van der Waals surface area contributed by atoms with E-state index in [1.165, 1.54) is 5.01 Å². The van der Waals surface area contributed by atoms with Crippen LogP contribution in [0.4, 0.5) is 5.69 Å². The van der Waals surface area contributed by atoms with Gasteiger partial charge in [0.15, 0.2) is 12.5 Å². The first-order valence-electron chi connectivity index (χ1n) is 13.9. The molecule has 0 aliphatic carbocycles. The zero-order chi connectivity index (χ0) is 35.0. The summed E-state index contributed by atoms with van der Waals surface area (Å²) < 4.78 is 14.9. The molecule has 1 heterocycles. The summed E-state index contributed by atoms with van der Waals surface area (Å²) in [4.78, 5) is 22.6. The second kappa shape index (κ2) is 19.4. The first-order valence-corrected chi connectivity index (χ1v) is 14.2. The average Bonchev–Trinajstić information content (AvgIpc) is 3.40. The lowest BCUT2D eigenvalue weighted by Crippen LogP contribution is -2.29. The zero-order valence-corrected chi connectivity index (χ0v) is 28.6. The number of carbonyl (C=O) groups excluding carboxylic acids is 1. The Kier molecular flexibility index (Phi) is 17.6. The van der Waals surface area contributed by atoms with Crippen LogP contribution in [0.5, 0.6) is 0 Å². The largest absolute Gasteiger partial charge is 0.396 e. The fourth-order valence-corrected chi connectivity index (χ4v) is 4.20. The first kappa shape index (κ1) is 40.9. The SMILES string of the molecule is C#C.COC/C(=C\C(=C/CNC(=O)c1ccc(C)c(N(N)/C=C(\N)c2cnc(C(C)(C)CO)n2C)c1)C(C)(C)C)NOC.O=S. The number of aliphatic hydroxyl groups is 1. The number of nitrogens with zero attached hydrogens (tertiary/aromatic N) is 3. The van der Waals surface area contributed by atoms with Crippen LogP contribution in [0.2, 0.25) is 0 Å². The number of nitrogens with one attached hydrogen (secondary N) is 2. The number of nitrogens with two attached hydrogens (primary N) is 2. The van der Waals surface area contributed by atoms with Crippen molar-refractivity contribution in [3.8, 4) is 12.8 Å². The second-order valence-corrected chi connectivity index (χ2v) is 11.6. The van der Waals surface area contributed by atoms with Gasteiger partial charge in [-0.05, 0) is 41.7 Å². The smallest absolute Gasteiger partial charge is 0.251 e. The molecule has 248 valence electrons. The monoisotopic (exact) mass is 643 g/mol. The summed E-state index contributed by atoms with van der Waals surface area (Å²) in [5.74, 6) is 6.85. The van der Waals surface area contributed by atoms with Crippen LogP contribution in [0.3, 0.4) is 0 Å². The van der Waals surface area contributed by atoms with Crippen molar-refractivity contribution < 1.29 is 23.7 Å². The molecule has 0 aliphatic heterocycles. The molecule has 0 fully saturated rings. The number of aromatic nitrogens is 2. The highest BCUT2D eigenvalue weighted by molar-refractivity contribution is 7.44. The lowest BCUT2D eigenvalue weighted by Gasteiger charge is -2.22. The Labute approximate surface area is 273 Å². The van der Waals surface area contributed by atoms with E-state index < -0.39 is 5.41 Å². The van der Waals surface area contributed by atoms with Gasteiger partial charge < -0.3 is 25.5 Å². The number of allylic oxidation sites excluding steroid dienone is 2. The number of terminal acetylenes is 1. The Balaban J connectivity index is 0.00000464. The number of hydrogen-bond acceptors (Lipinski definition) is 11. The molecular formula is C32H49N7O5S. The number of methoxy groups -OCH3 is 1. The quantitative estimate of drug-likeness (QED) is 0.0941. The molecule has 12 nitrogen and oxygen atoms in total. The number of aliphatic hydroxyl groups excluding tert-OH is 1. The van der Waals surface area contributed by atoms with Crippen molar-refractivity contribution in [3.05, 3.63) is 76.7 Å². The number of aryl methyl sites for hydroxylation is 1. The predicted molar refractivity (Wildman–Crippen MR) is 181 cm³/mol. The fraction of sp³-hybridized carbons (Fsp3) is 0.438. The minimum absolute atomic E-state index is 0.0537. The predicted octanol–water partition coefficient (Wildman–Crippen LogP) is 2.93. The van der Waals surface area contributed by atoms with Crippen molar-refractivity contribution in [2.24, 2.45) is 24.0 Å². The maximum absolute atomic E-state index is 13.1. The van der Waals surface area contributed by atoms with Crippen LogP contribution < -0.4 is 27.4 Å². The summed E-state index contributed by atoms with van der Waals surface area (Å²) in [7, 11) is 5.00. The number of hydroxylamine groups is 1. The number of benzene rings is 1. The highest BCUT2D eigenvalue weighted by atomic mass is 32.1. The van der Waals surface area contributed by atoms with Gasteiger partial charge in [0.2, 0.25) is 0 Å². The van der Waals surface area contributed by atoms with Crippen LogP contribution in [0.1, 0.15) is 62.1 Å². The van der Waals surface area contributed by atoms with Crippen LogP contribution in [-0.4, -0.2) is 58.8 Å². The van der Waals surface area contributed by atoms with Gasteiger partial charge in [-0.1, -0.05) is 46.8 Å². The highest BCUT2D eigenvalue weighted by Crippen LogP contribution is 2.27. The Morgan fingerprint density at radius 1 is 1.20 bits per heavy atom. The number of hydrazine groups is 1. The van der Waals surface area contributed by atoms with Gasteiger partial charge in [-0.25, -0.2) is 10.8 Å². The summed E-state index contributed by atoms with van der Waals surface area (Å²) in [6.07, 6.45) is 15.2. The van der Waals surface area contributed by atoms with Gasteiger partial charge in [0, 0.05) is 37.9 Å². The van der Waals surface area contributed by atoms with Crippen LogP contribution in [0, 0.1) is 25.2 Å². The summed E-state index contributed by atoms with van der Waals surface area (Å²) in [6, 6.07) is 5.32. The lowest BCUT2D eigenvalue weighted by atomic mass is 9.85. The third kappa shape index (κ3) is 12.1. The Morgan fingerprint density at radius 3 is 2.36 bits per heavy atom. The molecule has 1 amide bonds. The van der Waals surface area contributed by atoms with E-state index in [0.29, 0.717) is 41.6 Å². The molecule has 2 rings (SSSR count). The third-order valence-corrected chi connectivity index (χ3v) is 6.63. The highest BCUT2D eigenvalue weighted by Gasteiger charge is 2.26. The standard InChI is InChI=1S/C30H47N7O4.C2H2.OS/c1-20-10-11-21(27(39)33-13-12-22(29(2,3)4)15-23(18-40-8)35-41-9)14-25(20)37(32)17-24(31)26-16-34-28(36(26)7)30(5,6)19-38;2*1-2/h10-12,14-17,35,38H,13,18-19,31-32H2,1-9H3,(H,33,39);1-2H;/b22-12+,23-15+,24-17-;;. The molecule has 0 saturated carbocycles. The van der Waals surface area contributed by atoms with E-state index in [1.807, 2.05) is 50.6 Å². The Morgan fingerprint density at radius 2 is 1.82 bits per heavy atom. The van der Waals surface area contributed by atoms with E-state index in [-0.39, 0.29) is 17.9 Å². The molecule has 45 heavy (non-hydrogen) atoms. The van der Waals surface area contributed by atoms with Crippen molar-refractivity contribution in [1.29, 1.82) is 0 Å². The molecule has 1 aromatic heterocycles. The summed E-state index contributed by atoms with van der Waals surface area (Å²) in [5.41, 5.74) is 13.3. The number of anilines is 1. The van der Waals surface area contributed by atoms with Gasteiger partial charge in [0.25, 0.3) is 5.91 Å². The minimum atomic E-state index is -0.528. The Hall–Kier alpha value is -4.06. The number of carbonyl (C=O) groups is 1. The molecular weight excluding hydrogens is 594 g/mol. The van der Waals surface area contributed by atoms with E-state index in [4.69, 9.17) is 25.4 Å². The molecule has 0 atom stereocenters. The van der Waals surface area contributed by atoms with E-state index in [0.717, 1.165) is 16.8 Å². The number of hydrogen-bond donors (Lipinski definition) is 5. The van der Waals surface area contributed by atoms with Crippen molar-refractivity contribution >= 4 is 29.8 Å². The van der Waals surface area contributed by atoms with Crippen LogP contribution in [-0.2, 0) is 34.6 Å². The molecule has 7 N–H and O–H groups in total. The van der Waals surface area contributed by atoms with Gasteiger partial charge in [-0.3, -0.25) is 20.1 Å². The van der Waals surface area contributed by atoms with E-state index in [1.54, 1.807) is 38.7 Å². The number of rotatable bonds is 13. The van der Waals surface area contributed by atoms with Gasteiger partial charge in [0.1, 0.15) is 5.82 Å². The minimum Gasteiger partial charge on any atom is -0.396 e. The second-order valence-electron chi connectivity index (χ2n) is 11.6. The molecule has 13 heteroatoms. The van der Waals surface area contributed by atoms with E-state index in [2.05, 4.69) is 61.9 Å².